The van der Waals surface area contributed by atoms with E-state index in [0.29, 0.717) is 18.3 Å². The number of nitrogens with two attached hydrogens (primary N) is 1. The molecule has 0 bridgehead atoms. The molecule has 1 aliphatic heterocycles. The van der Waals surface area contributed by atoms with Crippen molar-refractivity contribution in [3.8, 4) is 6.07 Å². The van der Waals surface area contributed by atoms with Gasteiger partial charge >= 0.3 is 0 Å². The number of aromatic nitrogens is 1. The van der Waals surface area contributed by atoms with Gasteiger partial charge in [0.2, 0.25) is 12.8 Å². The number of carbonyl (C=O) groups is 2. The van der Waals surface area contributed by atoms with Gasteiger partial charge in [0.05, 0.1) is 24.4 Å². The first kappa shape index (κ1) is 28.4. The summed E-state index contributed by atoms with van der Waals surface area (Å²) in [6.07, 6.45) is 3.07. The molecular formula is C28H28BN5O3S. The van der Waals surface area contributed by atoms with E-state index < -0.39 is 6.04 Å². The average Bonchev–Trinajstić information content (AvgIpc) is 3.21. The summed E-state index contributed by atoms with van der Waals surface area (Å²) in [5, 5.41) is 21.9. The minimum absolute atomic E-state index is 0.143. The number of thiophene rings is 1. The molecule has 1 saturated heterocycles. The molecule has 0 saturated carbocycles. The van der Waals surface area contributed by atoms with Crippen molar-refractivity contribution in [2.24, 2.45) is 0 Å². The zero-order chi connectivity index (χ0) is 27.7. The lowest BCUT2D eigenvalue weighted by Gasteiger charge is -2.49. The lowest BCUT2D eigenvalue weighted by atomic mass is 9.75. The van der Waals surface area contributed by atoms with Crippen LogP contribution in [0.5, 0.6) is 0 Å². The van der Waals surface area contributed by atoms with Crippen LogP contribution in [0, 0.1) is 25.2 Å². The van der Waals surface area contributed by atoms with Gasteiger partial charge in [0.1, 0.15) is 18.7 Å². The number of pyridine rings is 1. The number of nitrogens with one attached hydrogen (secondary N) is 1. The lowest BCUT2D eigenvalue weighted by Crippen LogP contribution is -2.62. The summed E-state index contributed by atoms with van der Waals surface area (Å²) in [4.78, 5) is 28.5. The Morgan fingerprint density at radius 2 is 1.84 bits per heavy atom. The molecule has 4 N–H and O–H groups in total. The molecule has 0 aliphatic carbocycles. The number of amides is 2. The van der Waals surface area contributed by atoms with Gasteiger partial charge in [-0.1, -0.05) is 47.4 Å². The number of nitriles is 1. The Bertz CT molecular complexity index is 1400. The predicted octanol–water partition coefficient (Wildman–Crippen LogP) is 3.04. The van der Waals surface area contributed by atoms with E-state index in [0.717, 1.165) is 32.0 Å². The number of aliphatic hydroxyl groups is 1. The standard InChI is InChI=1S/C12H11BN2O2.C8H8N2S.C8H9NO/c13-9-3-1-8(2-4-9)12-10(5-14)15(7-17)11(12)6-16;1-5-7(9)6-3-2-4-10-8(6)11-5;1-7-2-4-8(5-3-7)9-6-10/h1-4,7,10-12,16H,6H2;2-4H,9H2,1H3;2-6H,1H3,(H,9,10). The summed E-state index contributed by atoms with van der Waals surface area (Å²) in [6, 6.07) is 20.0. The maximum absolute atomic E-state index is 10.8. The van der Waals surface area contributed by atoms with E-state index in [1.807, 2.05) is 62.4 Å². The molecule has 4 aromatic rings. The van der Waals surface area contributed by atoms with Crippen molar-refractivity contribution in [2.45, 2.75) is 31.8 Å². The Balaban J connectivity index is 0.000000166. The monoisotopic (exact) mass is 525 g/mol. The summed E-state index contributed by atoms with van der Waals surface area (Å²) in [7, 11) is 5.59. The summed E-state index contributed by atoms with van der Waals surface area (Å²) < 4.78 is 0. The number of aryl methyl sites for hydroxylation is 2. The number of fused-ring (bicyclic) bond motifs is 1. The van der Waals surface area contributed by atoms with Crippen LogP contribution in [0.25, 0.3) is 10.2 Å². The first-order valence-electron chi connectivity index (χ1n) is 11.8. The van der Waals surface area contributed by atoms with Crippen LogP contribution in [0.2, 0.25) is 0 Å². The largest absolute Gasteiger partial charge is 0.397 e. The van der Waals surface area contributed by atoms with Gasteiger partial charge in [-0.15, -0.1) is 11.3 Å². The fourth-order valence-corrected chi connectivity index (χ4v) is 5.00. The highest BCUT2D eigenvalue weighted by Gasteiger charge is 2.48. The first-order valence-corrected chi connectivity index (χ1v) is 12.6. The zero-order valence-corrected chi connectivity index (χ0v) is 21.9. The van der Waals surface area contributed by atoms with Crippen LogP contribution in [-0.4, -0.2) is 54.3 Å². The van der Waals surface area contributed by atoms with E-state index in [2.05, 4.69) is 16.4 Å². The van der Waals surface area contributed by atoms with Crippen molar-refractivity contribution in [3.63, 3.8) is 0 Å². The van der Waals surface area contributed by atoms with Crippen molar-refractivity contribution in [1.82, 2.24) is 9.88 Å². The van der Waals surface area contributed by atoms with Gasteiger partial charge in [0.25, 0.3) is 0 Å². The van der Waals surface area contributed by atoms with Crippen LogP contribution in [-0.2, 0) is 9.59 Å². The number of hydrogen-bond acceptors (Lipinski definition) is 7. The SMILES string of the molecule is Cc1ccc(NC=O)cc1.Cc1sc2ncccc2c1N.[B]c1ccc(C2C(C#N)N(C=O)C2CO)cc1. The van der Waals surface area contributed by atoms with Crippen LogP contribution < -0.4 is 16.5 Å². The van der Waals surface area contributed by atoms with E-state index >= 15 is 0 Å². The van der Waals surface area contributed by atoms with Crippen molar-refractivity contribution < 1.29 is 14.7 Å². The van der Waals surface area contributed by atoms with Gasteiger partial charge in [0.15, 0.2) is 0 Å². The molecule has 3 atom stereocenters. The first-order chi connectivity index (χ1) is 18.3. The summed E-state index contributed by atoms with van der Waals surface area (Å²) in [5.41, 5.74) is 10.3. The smallest absolute Gasteiger partial charge is 0.211 e. The topological polar surface area (TPSA) is 132 Å². The Kier molecular flexibility index (Phi) is 9.99. The van der Waals surface area contributed by atoms with Crippen LogP contribution in [0.1, 0.15) is 21.9 Å². The maximum Gasteiger partial charge on any atom is 0.211 e. The van der Waals surface area contributed by atoms with Gasteiger partial charge in [-0.2, -0.15) is 5.26 Å². The van der Waals surface area contributed by atoms with Crippen LogP contribution in [0.4, 0.5) is 11.4 Å². The molecule has 1 aliphatic rings. The third-order valence-corrected chi connectivity index (χ3v) is 7.23. The molecule has 2 aromatic heterocycles. The number of benzene rings is 2. The van der Waals surface area contributed by atoms with Crippen molar-refractivity contribution >= 4 is 59.1 Å². The fourth-order valence-electron chi connectivity index (χ4n) is 4.09. The summed E-state index contributed by atoms with van der Waals surface area (Å²) in [6.45, 7) is 3.87. The Morgan fingerprint density at radius 1 is 1.16 bits per heavy atom. The maximum atomic E-state index is 10.8. The predicted molar refractivity (Wildman–Crippen MR) is 152 cm³/mol. The second-order valence-electron chi connectivity index (χ2n) is 8.63. The Hall–Kier alpha value is -4.20. The normalized spacial score (nSPS) is 17.5. The third-order valence-electron chi connectivity index (χ3n) is 6.19. The molecule has 2 aromatic carbocycles. The van der Waals surface area contributed by atoms with Gasteiger partial charge in [-0.25, -0.2) is 4.98 Å². The minimum Gasteiger partial charge on any atom is -0.397 e. The van der Waals surface area contributed by atoms with E-state index in [9.17, 15) is 14.7 Å². The lowest BCUT2D eigenvalue weighted by molar-refractivity contribution is -0.132. The van der Waals surface area contributed by atoms with Gasteiger partial charge in [0, 0.05) is 28.1 Å². The number of hydrogen-bond donors (Lipinski definition) is 3. The molecule has 1 fully saturated rings. The van der Waals surface area contributed by atoms with E-state index in [-0.39, 0.29) is 18.6 Å². The van der Waals surface area contributed by atoms with Crippen LogP contribution >= 0.6 is 11.3 Å². The van der Waals surface area contributed by atoms with Crippen LogP contribution in [0.3, 0.4) is 0 Å². The number of aliphatic hydroxyl groups excluding tert-OH is 1. The molecule has 3 unspecified atom stereocenters. The Morgan fingerprint density at radius 3 is 2.39 bits per heavy atom. The van der Waals surface area contributed by atoms with Crippen LogP contribution in [0.15, 0.2) is 66.9 Å². The Labute approximate surface area is 227 Å². The third kappa shape index (κ3) is 6.56. The quantitative estimate of drug-likeness (QED) is 0.271. The number of rotatable bonds is 5. The van der Waals surface area contributed by atoms with Gasteiger partial charge < -0.3 is 21.1 Å². The van der Waals surface area contributed by atoms with Gasteiger partial charge in [-0.05, 0) is 43.7 Å². The highest BCUT2D eigenvalue weighted by Crippen LogP contribution is 2.38. The fraction of sp³-hybridized carbons (Fsp3) is 0.214. The highest BCUT2D eigenvalue weighted by atomic mass is 32.1. The van der Waals surface area contributed by atoms with E-state index in [1.54, 1.807) is 29.7 Å². The number of anilines is 2. The van der Waals surface area contributed by atoms with E-state index in [4.69, 9.17) is 18.8 Å². The molecule has 192 valence electrons. The number of nitrogen functional groups attached to an aromatic ring is 1. The molecule has 38 heavy (non-hydrogen) atoms. The summed E-state index contributed by atoms with van der Waals surface area (Å²) >= 11 is 1.64. The van der Waals surface area contributed by atoms with Crippen molar-refractivity contribution in [3.05, 3.63) is 82.9 Å². The number of nitrogens with zero attached hydrogens (tertiary/aromatic N) is 3. The molecule has 0 spiro atoms. The zero-order valence-electron chi connectivity index (χ0n) is 21.1. The summed E-state index contributed by atoms with van der Waals surface area (Å²) in [5.74, 6) is -0.143. The van der Waals surface area contributed by atoms with Crippen molar-refractivity contribution in [2.75, 3.05) is 17.7 Å². The second-order valence-corrected chi connectivity index (χ2v) is 9.83. The number of likely N-dealkylation sites (tertiary alicyclic amines) is 1. The molecule has 3 heterocycles. The van der Waals surface area contributed by atoms with Crippen molar-refractivity contribution in [1.29, 1.82) is 5.26 Å². The minimum atomic E-state index is -0.506. The molecular weight excluding hydrogens is 497 g/mol. The molecule has 2 radical (unpaired) electrons. The number of carbonyl (C=O) groups excluding carboxylic acids is 2. The molecule has 2 amide bonds. The van der Waals surface area contributed by atoms with E-state index in [1.165, 1.54) is 10.5 Å². The average molecular weight is 525 g/mol. The second kappa shape index (κ2) is 13.4. The highest BCUT2D eigenvalue weighted by molar-refractivity contribution is 7.19. The molecule has 8 nitrogen and oxygen atoms in total. The molecule has 10 heteroatoms. The van der Waals surface area contributed by atoms with Gasteiger partial charge in [-0.3, -0.25) is 9.59 Å². The molecule has 5 rings (SSSR count).